The lowest BCUT2D eigenvalue weighted by molar-refractivity contribution is -0.0261. The van der Waals surface area contributed by atoms with Crippen molar-refractivity contribution in [3.63, 3.8) is 0 Å². The van der Waals surface area contributed by atoms with Crippen LogP contribution in [-0.4, -0.2) is 24.3 Å². The fourth-order valence-electron chi connectivity index (χ4n) is 4.53. The van der Waals surface area contributed by atoms with E-state index in [0.717, 1.165) is 31.4 Å². The molecule has 0 radical (unpaired) electrons. The van der Waals surface area contributed by atoms with Crippen molar-refractivity contribution in [1.82, 2.24) is 5.32 Å². The zero-order valence-electron chi connectivity index (χ0n) is 19.5. The number of benzene rings is 1. The van der Waals surface area contributed by atoms with Crippen LogP contribution in [0.4, 0.5) is 14.9 Å². The summed E-state index contributed by atoms with van der Waals surface area (Å²) in [5.41, 5.74) is 3.28. The highest BCUT2D eigenvalue weighted by molar-refractivity contribution is 5.91. The predicted octanol–water partition coefficient (Wildman–Crippen LogP) is 6.81. The Morgan fingerprint density at radius 3 is 2.23 bits per heavy atom. The molecule has 2 aliphatic rings. The lowest BCUT2D eigenvalue weighted by Gasteiger charge is -2.33. The largest absolute Gasteiger partial charge is 0.370 e. The molecule has 5 heteroatoms. The number of carbonyl (C=O) groups is 1. The molecule has 31 heavy (non-hydrogen) atoms. The van der Waals surface area contributed by atoms with Crippen molar-refractivity contribution >= 4 is 11.7 Å². The van der Waals surface area contributed by atoms with Crippen molar-refractivity contribution in [1.29, 1.82) is 0 Å². The second-order valence-corrected chi connectivity index (χ2v) is 9.56. The number of ether oxygens (including phenoxy) is 1. The zero-order valence-corrected chi connectivity index (χ0v) is 19.5. The van der Waals surface area contributed by atoms with Gasteiger partial charge in [0.05, 0.1) is 12.2 Å². The van der Waals surface area contributed by atoms with E-state index in [1.165, 1.54) is 17.2 Å². The third kappa shape index (κ3) is 6.19. The fourth-order valence-corrected chi connectivity index (χ4v) is 4.53. The van der Waals surface area contributed by atoms with Gasteiger partial charge in [-0.2, -0.15) is 0 Å². The molecule has 0 heterocycles. The van der Waals surface area contributed by atoms with Crippen LogP contribution in [0.2, 0.25) is 0 Å². The Kier molecular flexibility index (Phi) is 7.93. The van der Waals surface area contributed by atoms with Gasteiger partial charge in [0, 0.05) is 17.6 Å². The molecule has 0 saturated heterocycles. The standard InChI is InChI=1S/C26H37FN2O2/c1-16(2)22-7-6-8-23(17(3)4)25(22)29-26(30)28-20-10-12-21(13-11-20)31-24-14-9-19(27)15-18(24)5/h6-9,14-18,20-21,24H,10-13H2,1-5H3,(H2,28,29,30). The van der Waals surface area contributed by atoms with Gasteiger partial charge in [-0.25, -0.2) is 9.18 Å². The third-order valence-corrected chi connectivity index (χ3v) is 6.36. The number of anilines is 1. The number of para-hydroxylation sites is 1. The van der Waals surface area contributed by atoms with E-state index in [2.05, 4.69) is 56.5 Å². The number of rotatable bonds is 6. The quantitative estimate of drug-likeness (QED) is 0.523. The summed E-state index contributed by atoms with van der Waals surface area (Å²) in [5.74, 6) is 0.524. The van der Waals surface area contributed by atoms with Crippen LogP contribution in [0.1, 0.15) is 83.3 Å². The molecule has 170 valence electrons. The number of allylic oxidation sites excluding steroid dienone is 2. The Hall–Kier alpha value is -2.14. The van der Waals surface area contributed by atoms with Gasteiger partial charge in [0.1, 0.15) is 5.83 Å². The van der Waals surface area contributed by atoms with Crippen molar-refractivity contribution in [2.75, 3.05) is 5.32 Å². The lowest BCUT2D eigenvalue weighted by Crippen LogP contribution is -2.42. The first-order valence-electron chi connectivity index (χ1n) is 11.7. The zero-order chi connectivity index (χ0) is 22.5. The normalized spacial score (nSPS) is 26.1. The van der Waals surface area contributed by atoms with Gasteiger partial charge in [0.15, 0.2) is 0 Å². The summed E-state index contributed by atoms with van der Waals surface area (Å²) in [6.07, 6.45) is 8.57. The third-order valence-electron chi connectivity index (χ3n) is 6.36. The van der Waals surface area contributed by atoms with E-state index >= 15 is 0 Å². The van der Waals surface area contributed by atoms with Crippen molar-refractivity contribution < 1.29 is 13.9 Å². The van der Waals surface area contributed by atoms with Crippen LogP contribution in [-0.2, 0) is 4.74 Å². The highest BCUT2D eigenvalue weighted by Gasteiger charge is 2.27. The molecule has 3 rings (SSSR count). The topological polar surface area (TPSA) is 50.4 Å². The van der Waals surface area contributed by atoms with Gasteiger partial charge in [-0.1, -0.05) is 58.9 Å². The summed E-state index contributed by atoms with van der Waals surface area (Å²) >= 11 is 0. The summed E-state index contributed by atoms with van der Waals surface area (Å²) in [6.45, 7) is 10.6. The van der Waals surface area contributed by atoms with Crippen LogP contribution < -0.4 is 10.6 Å². The first-order valence-corrected chi connectivity index (χ1v) is 11.7. The van der Waals surface area contributed by atoms with Gasteiger partial charge in [-0.15, -0.1) is 0 Å². The van der Waals surface area contributed by atoms with Gasteiger partial charge in [-0.05, 0) is 60.8 Å². The number of halogens is 1. The smallest absolute Gasteiger partial charge is 0.319 e. The minimum Gasteiger partial charge on any atom is -0.370 e. The molecule has 1 aromatic rings. The van der Waals surface area contributed by atoms with Crippen LogP contribution in [0, 0.1) is 5.92 Å². The van der Waals surface area contributed by atoms with Crippen molar-refractivity contribution in [2.45, 2.75) is 90.4 Å². The van der Waals surface area contributed by atoms with E-state index < -0.39 is 0 Å². The van der Waals surface area contributed by atoms with Crippen LogP contribution in [0.5, 0.6) is 0 Å². The average molecular weight is 429 g/mol. The van der Waals surface area contributed by atoms with E-state index in [1.54, 1.807) is 6.08 Å². The SMILES string of the molecule is CC(C)c1cccc(C(C)C)c1NC(=O)NC1CCC(OC2C=CC(F)=CC2C)CC1. The molecule has 2 unspecified atom stereocenters. The van der Waals surface area contributed by atoms with E-state index in [4.69, 9.17) is 4.74 Å². The van der Waals surface area contributed by atoms with E-state index in [0.29, 0.717) is 11.8 Å². The second-order valence-electron chi connectivity index (χ2n) is 9.56. The fraction of sp³-hybridized carbons (Fsp3) is 0.577. The summed E-state index contributed by atoms with van der Waals surface area (Å²) in [5, 5.41) is 6.30. The van der Waals surface area contributed by atoms with Crippen molar-refractivity contribution in [2.24, 2.45) is 5.92 Å². The maximum atomic E-state index is 13.3. The maximum absolute atomic E-state index is 13.3. The Morgan fingerprint density at radius 1 is 1.06 bits per heavy atom. The molecule has 1 aromatic carbocycles. The molecule has 0 spiro atoms. The van der Waals surface area contributed by atoms with Gasteiger partial charge >= 0.3 is 6.03 Å². The van der Waals surface area contributed by atoms with Gasteiger partial charge in [0.2, 0.25) is 0 Å². The molecule has 2 N–H and O–H groups in total. The number of amides is 2. The molecule has 2 amide bonds. The van der Waals surface area contributed by atoms with Gasteiger partial charge in [-0.3, -0.25) is 0 Å². The number of carbonyl (C=O) groups excluding carboxylic acids is 1. The van der Waals surface area contributed by atoms with Gasteiger partial charge in [0.25, 0.3) is 0 Å². The van der Waals surface area contributed by atoms with Crippen LogP contribution in [0.3, 0.4) is 0 Å². The Balaban J connectivity index is 1.53. The number of urea groups is 1. The summed E-state index contributed by atoms with van der Waals surface area (Å²) in [7, 11) is 0. The minimum absolute atomic E-state index is 0.0443. The summed E-state index contributed by atoms with van der Waals surface area (Å²) in [6, 6.07) is 6.27. The van der Waals surface area contributed by atoms with E-state index in [9.17, 15) is 9.18 Å². The number of hydrogen-bond donors (Lipinski definition) is 2. The van der Waals surface area contributed by atoms with Crippen molar-refractivity contribution in [3.8, 4) is 0 Å². The molecule has 0 aromatic heterocycles. The number of nitrogens with one attached hydrogen (secondary N) is 2. The molecule has 1 fully saturated rings. The molecule has 2 aliphatic carbocycles. The lowest BCUT2D eigenvalue weighted by atomic mass is 9.91. The highest BCUT2D eigenvalue weighted by atomic mass is 19.1. The van der Waals surface area contributed by atoms with E-state index in [-0.39, 0.29) is 36.0 Å². The molecule has 0 bridgehead atoms. The minimum atomic E-state index is -0.189. The second kappa shape index (κ2) is 10.4. The Morgan fingerprint density at radius 2 is 1.68 bits per heavy atom. The maximum Gasteiger partial charge on any atom is 0.319 e. The first-order chi connectivity index (χ1) is 14.7. The molecule has 0 aliphatic heterocycles. The molecular formula is C26H37FN2O2. The van der Waals surface area contributed by atoms with Gasteiger partial charge < -0.3 is 15.4 Å². The monoisotopic (exact) mass is 428 g/mol. The first kappa shape index (κ1) is 23.5. The Bertz CT molecular complexity index is 796. The average Bonchev–Trinajstić information content (AvgIpc) is 2.71. The molecule has 4 nitrogen and oxygen atoms in total. The predicted molar refractivity (Wildman–Crippen MR) is 125 cm³/mol. The Labute approximate surface area is 186 Å². The van der Waals surface area contributed by atoms with Crippen molar-refractivity contribution in [3.05, 3.63) is 53.4 Å². The summed E-state index contributed by atoms with van der Waals surface area (Å²) in [4.78, 5) is 12.8. The van der Waals surface area contributed by atoms with Crippen LogP contribution in [0.25, 0.3) is 0 Å². The van der Waals surface area contributed by atoms with Crippen LogP contribution >= 0.6 is 0 Å². The molecular weight excluding hydrogens is 391 g/mol. The molecule has 2 atom stereocenters. The summed E-state index contributed by atoms with van der Waals surface area (Å²) < 4.78 is 19.5. The molecule has 1 saturated carbocycles. The highest BCUT2D eigenvalue weighted by Crippen LogP contribution is 2.32. The van der Waals surface area contributed by atoms with E-state index in [1.807, 2.05) is 13.0 Å². The number of hydrogen-bond acceptors (Lipinski definition) is 2. The van der Waals surface area contributed by atoms with Crippen LogP contribution in [0.15, 0.2) is 42.3 Å².